The first kappa shape index (κ1) is 15.1. The summed E-state index contributed by atoms with van der Waals surface area (Å²) >= 11 is 13.6. The van der Waals surface area contributed by atoms with Gasteiger partial charge in [0, 0.05) is 9.90 Å². The molecule has 0 atom stereocenters. The molecule has 7 heteroatoms. The number of aromatic nitrogens is 1. The van der Waals surface area contributed by atoms with Crippen LogP contribution in [0.2, 0.25) is 10.0 Å². The van der Waals surface area contributed by atoms with Crippen LogP contribution in [0.1, 0.15) is 20.9 Å². The average molecular weight is 331 g/mol. The first-order valence-corrected chi connectivity index (χ1v) is 7.28. The molecule has 0 aliphatic rings. The fourth-order valence-electron chi connectivity index (χ4n) is 1.59. The number of methoxy groups -OCH3 is 1. The molecule has 20 heavy (non-hydrogen) atoms. The Morgan fingerprint density at radius 3 is 2.65 bits per heavy atom. The lowest BCUT2D eigenvalue weighted by Gasteiger charge is -2.07. The molecular formula is C13H12Cl2N2O2S. The van der Waals surface area contributed by atoms with Gasteiger partial charge in [0.1, 0.15) is 0 Å². The number of anilines is 2. The second kappa shape index (κ2) is 5.99. The summed E-state index contributed by atoms with van der Waals surface area (Å²) in [4.78, 5) is 16.5. The number of ether oxygens (including phenoxy) is 1. The van der Waals surface area contributed by atoms with Crippen molar-refractivity contribution in [3.8, 4) is 0 Å². The van der Waals surface area contributed by atoms with E-state index in [1.165, 1.54) is 18.4 Å². The second-order valence-electron chi connectivity index (χ2n) is 4.12. The predicted octanol–water partition coefficient (Wildman–Crippen LogP) is 4.60. The lowest BCUT2D eigenvalue weighted by atomic mass is 10.2. The van der Waals surface area contributed by atoms with E-state index in [1.807, 2.05) is 6.92 Å². The number of aryl methyl sites for hydroxylation is 2. The van der Waals surface area contributed by atoms with Crippen LogP contribution >= 0.6 is 34.5 Å². The molecule has 0 saturated carbocycles. The third-order valence-corrected chi connectivity index (χ3v) is 4.27. The zero-order valence-corrected chi connectivity index (χ0v) is 13.4. The van der Waals surface area contributed by atoms with Gasteiger partial charge in [-0.2, -0.15) is 0 Å². The van der Waals surface area contributed by atoms with Gasteiger partial charge in [-0.1, -0.05) is 23.2 Å². The summed E-state index contributed by atoms with van der Waals surface area (Å²) in [6.45, 7) is 3.68. The predicted molar refractivity (Wildman–Crippen MR) is 82.7 cm³/mol. The van der Waals surface area contributed by atoms with Gasteiger partial charge in [-0.05, 0) is 31.5 Å². The molecule has 0 fully saturated rings. The van der Waals surface area contributed by atoms with Gasteiger partial charge in [0.05, 0.1) is 17.8 Å². The van der Waals surface area contributed by atoms with Crippen molar-refractivity contribution in [2.45, 2.75) is 13.8 Å². The minimum atomic E-state index is -0.458. The standard InChI is InChI=1S/C13H12Cl2N2O2S/c1-6-4-9(15)10(5-8(6)14)16-13-17-11(7(2)20-13)12(18)19-3/h4-5H,1-3H3,(H,16,17). The van der Waals surface area contributed by atoms with E-state index in [0.29, 0.717) is 26.6 Å². The van der Waals surface area contributed by atoms with Crippen molar-refractivity contribution in [2.24, 2.45) is 0 Å². The molecule has 0 aliphatic heterocycles. The van der Waals surface area contributed by atoms with Crippen molar-refractivity contribution in [1.82, 2.24) is 4.98 Å². The summed E-state index contributed by atoms with van der Waals surface area (Å²) in [5, 5.41) is 4.77. The highest BCUT2D eigenvalue weighted by atomic mass is 35.5. The number of esters is 1. The van der Waals surface area contributed by atoms with Crippen LogP contribution in [0, 0.1) is 13.8 Å². The first-order chi connectivity index (χ1) is 9.42. The molecule has 0 unspecified atom stereocenters. The molecule has 1 aromatic heterocycles. The Bertz CT molecular complexity index is 671. The van der Waals surface area contributed by atoms with Crippen LogP contribution in [-0.4, -0.2) is 18.1 Å². The number of hydrogen-bond donors (Lipinski definition) is 1. The lowest BCUT2D eigenvalue weighted by Crippen LogP contribution is -2.03. The van der Waals surface area contributed by atoms with E-state index in [9.17, 15) is 4.79 Å². The van der Waals surface area contributed by atoms with E-state index in [0.717, 1.165) is 10.4 Å². The number of hydrogen-bond acceptors (Lipinski definition) is 5. The highest BCUT2D eigenvalue weighted by molar-refractivity contribution is 7.15. The van der Waals surface area contributed by atoms with Crippen molar-refractivity contribution >= 4 is 51.3 Å². The molecule has 0 radical (unpaired) electrons. The Morgan fingerprint density at radius 1 is 1.30 bits per heavy atom. The van der Waals surface area contributed by atoms with E-state index in [1.54, 1.807) is 19.1 Å². The van der Waals surface area contributed by atoms with Crippen molar-refractivity contribution in [3.63, 3.8) is 0 Å². The lowest BCUT2D eigenvalue weighted by molar-refractivity contribution is 0.0594. The van der Waals surface area contributed by atoms with Gasteiger partial charge >= 0.3 is 5.97 Å². The van der Waals surface area contributed by atoms with Gasteiger partial charge in [0.2, 0.25) is 0 Å². The SMILES string of the molecule is COC(=O)c1nc(Nc2cc(Cl)c(C)cc2Cl)sc1C. The van der Waals surface area contributed by atoms with Crippen LogP contribution in [0.15, 0.2) is 12.1 Å². The highest BCUT2D eigenvalue weighted by Crippen LogP contribution is 2.33. The van der Waals surface area contributed by atoms with Crippen LogP contribution in [0.4, 0.5) is 10.8 Å². The van der Waals surface area contributed by atoms with Gasteiger partial charge in [0.25, 0.3) is 0 Å². The Kier molecular flexibility index (Phi) is 4.52. The van der Waals surface area contributed by atoms with E-state index >= 15 is 0 Å². The highest BCUT2D eigenvalue weighted by Gasteiger charge is 2.16. The third kappa shape index (κ3) is 3.06. The number of rotatable bonds is 3. The van der Waals surface area contributed by atoms with Crippen molar-refractivity contribution < 1.29 is 9.53 Å². The monoisotopic (exact) mass is 330 g/mol. The average Bonchev–Trinajstić information content (AvgIpc) is 2.76. The van der Waals surface area contributed by atoms with Crippen molar-refractivity contribution in [1.29, 1.82) is 0 Å². The molecule has 0 bridgehead atoms. The normalized spacial score (nSPS) is 10.4. The first-order valence-electron chi connectivity index (χ1n) is 5.70. The van der Waals surface area contributed by atoms with Crippen LogP contribution in [0.3, 0.4) is 0 Å². The number of carbonyl (C=O) groups is 1. The summed E-state index contributed by atoms with van der Waals surface area (Å²) in [6, 6.07) is 3.50. The quantitative estimate of drug-likeness (QED) is 0.835. The molecule has 0 aliphatic carbocycles. The number of carbonyl (C=O) groups excluding carboxylic acids is 1. The van der Waals surface area contributed by atoms with Crippen molar-refractivity contribution in [3.05, 3.63) is 38.3 Å². The van der Waals surface area contributed by atoms with E-state index in [2.05, 4.69) is 15.0 Å². The number of nitrogens with one attached hydrogen (secondary N) is 1. The summed E-state index contributed by atoms with van der Waals surface area (Å²) in [5.41, 5.74) is 1.84. The maximum Gasteiger partial charge on any atom is 0.357 e. The van der Waals surface area contributed by atoms with E-state index < -0.39 is 5.97 Å². The smallest absolute Gasteiger partial charge is 0.357 e. The fraction of sp³-hybridized carbons (Fsp3) is 0.231. The second-order valence-corrected chi connectivity index (χ2v) is 6.14. The Labute approximate surface area is 130 Å². The zero-order chi connectivity index (χ0) is 14.9. The third-order valence-electron chi connectivity index (χ3n) is 2.67. The molecule has 0 saturated heterocycles. The molecule has 2 rings (SSSR count). The maximum atomic E-state index is 11.5. The summed E-state index contributed by atoms with van der Waals surface area (Å²) < 4.78 is 4.67. The van der Waals surface area contributed by atoms with Crippen LogP contribution in [-0.2, 0) is 4.74 Å². The van der Waals surface area contributed by atoms with Crippen LogP contribution < -0.4 is 5.32 Å². The topological polar surface area (TPSA) is 51.2 Å². The van der Waals surface area contributed by atoms with E-state index in [-0.39, 0.29) is 0 Å². The van der Waals surface area contributed by atoms with Crippen LogP contribution in [0.25, 0.3) is 0 Å². The summed E-state index contributed by atoms with van der Waals surface area (Å²) in [6.07, 6.45) is 0. The minimum absolute atomic E-state index is 0.300. The molecule has 106 valence electrons. The minimum Gasteiger partial charge on any atom is -0.464 e. The van der Waals surface area contributed by atoms with Gasteiger partial charge in [-0.25, -0.2) is 9.78 Å². The largest absolute Gasteiger partial charge is 0.464 e. The number of benzene rings is 1. The van der Waals surface area contributed by atoms with E-state index in [4.69, 9.17) is 23.2 Å². The molecule has 2 aromatic rings. The zero-order valence-electron chi connectivity index (χ0n) is 11.1. The van der Waals surface area contributed by atoms with Crippen molar-refractivity contribution in [2.75, 3.05) is 12.4 Å². The Balaban J connectivity index is 2.31. The van der Waals surface area contributed by atoms with Gasteiger partial charge in [-0.3, -0.25) is 0 Å². The molecular weight excluding hydrogens is 319 g/mol. The summed E-state index contributed by atoms with van der Waals surface area (Å²) in [5.74, 6) is -0.458. The number of nitrogens with zero attached hydrogens (tertiary/aromatic N) is 1. The number of halogens is 2. The maximum absolute atomic E-state index is 11.5. The fourth-order valence-corrected chi connectivity index (χ4v) is 2.84. The molecule has 1 aromatic carbocycles. The van der Waals surface area contributed by atoms with Gasteiger partial charge in [-0.15, -0.1) is 11.3 Å². The summed E-state index contributed by atoms with van der Waals surface area (Å²) in [7, 11) is 1.32. The molecule has 0 amide bonds. The molecule has 1 N–H and O–H groups in total. The van der Waals surface area contributed by atoms with Gasteiger partial charge < -0.3 is 10.1 Å². The molecule has 1 heterocycles. The van der Waals surface area contributed by atoms with Gasteiger partial charge in [0.15, 0.2) is 10.8 Å². The van der Waals surface area contributed by atoms with Crippen LogP contribution in [0.5, 0.6) is 0 Å². The molecule has 4 nitrogen and oxygen atoms in total. The number of thiazole rings is 1. The molecule has 0 spiro atoms. The Hall–Kier alpha value is -1.30. The Morgan fingerprint density at radius 2 is 2.00 bits per heavy atom.